The molecule has 13 heavy (non-hydrogen) atoms. The van der Waals surface area contributed by atoms with Crippen molar-refractivity contribution in [2.75, 3.05) is 13.4 Å². The summed E-state index contributed by atoms with van der Waals surface area (Å²) < 4.78 is 5.74. The first-order valence-corrected chi connectivity index (χ1v) is 6.02. The first-order chi connectivity index (χ1) is 6.22. The van der Waals surface area contributed by atoms with Crippen molar-refractivity contribution in [3.05, 3.63) is 16.5 Å². The van der Waals surface area contributed by atoms with E-state index >= 15 is 0 Å². The summed E-state index contributed by atoms with van der Waals surface area (Å²) in [6, 6.07) is 1.92. The summed E-state index contributed by atoms with van der Waals surface area (Å²) in [6.45, 7) is 2.08. The van der Waals surface area contributed by atoms with E-state index in [1.54, 1.807) is 23.1 Å². The van der Waals surface area contributed by atoms with Crippen molar-refractivity contribution >= 4 is 29.1 Å². The SMILES string of the molecule is CCc1cc(C(=O)OC)c(SC)s1. The monoisotopic (exact) mass is 216 g/mol. The average molecular weight is 216 g/mol. The van der Waals surface area contributed by atoms with Crippen LogP contribution in [0.3, 0.4) is 0 Å². The number of rotatable bonds is 3. The van der Waals surface area contributed by atoms with Crippen LogP contribution in [0.5, 0.6) is 0 Å². The summed E-state index contributed by atoms with van der Waals surface area (Å²) in [5, 5.41) is 0. The highest BCUT2D eigenvalue weighted by molar-refractivity contribution is 8.00. The van der Waals surface area contributed by atoms with Gasteiger partial charge >= 0.3 is 5.97 Å². The highest BCUT2D eigenvalue weighted by Crippen LogP contribution is 2.31. The van der Waals surface area contributed by atoms with E-state index in [1.807, 2.05) is 12.3 Å². The maximum absolute atomic E-state index is 11.3. The Hall–Kier alpha value is -0.480. The third-order valence-corrected chi connectivity index (χ3v) is 4.10. The maximum atomic E-state index is 11.3. The molecule has 0 saturated heterocycles. The van der Waals surface area contributed by atoms with Crippen molar-refractivity contribution in [2.24, 2.45) is 0 Å². The van der Waals surface area contributed by atoms with Crippen LogP contribution in [0, 0.1) is 0 Å². The van der Waals surface area contributed by atoms with Crippen molar-refractivity contribution in [1.82, 2.24) is 0 Å². The lowest BCUT2D eigenvalue weighted by Crippen LogP contribution is -2.00. The van der Waals surface area contributed by atoms with Crippen molar-refractivity contribution in [1.29, 1.82) is 0 Å². The second-order valence-electron chi connectivity index (χ2n) is 2.46. The molecular weight excluding hydrogens is 204 g/mol. The standard InChI is InChI=1S/C9H12O2S2/c1-4-6-5-7(8(10)11-2)9(12-3)13-6/h5H,4H2,1-3H3. The zero-order chi connectivity index (χ0) is 9.84. The van der Waals surface area contributed by atoms with Crippen molar-refractivity contribution < 1.29 is 9.53 Å². The van der Waals surface area contributed by atoms with Gasteiger partial charge in [0.15, 0.2) is 0 Å². The molecule has 0 aromatic carbocycles. The molecule has 0 amide bonds. The lowest BCUT2D eigenvalue weighted by Gasteiger charge is -1.96. The van der Waals surface area contributed by atoms with Crippen molar-refractivity contribution in [2.45, 2.75) is 17.6 Å². The summed E-state index contributed by atoms with van der Waals surface area (Å²) in [7, 11) is 1.41. The molecule has 1 aromatic heterocycles. The number of carbonyl (C=O) groups excluding carboxylic acids is 1. The largest absolute Gasteiger partial charge is 0.465 e. The van der Waals surface area contributed by atoms with Crippen LogP contribution in [-0.2, 0) is 11.2 Å². The van der Waals surface area contributed by atoms with Gasteiger partial charge < -0.3 is 4.74 Å². The van der Waals surface area contributed by atoms with Crippen LogP contribution in [0.25, 0.3) is 0 Å². The highest BCUT2D eigenvalue weighted by Gasteiger charge is 2.14. The second-order valence-corrected chi connectivity index (χ2v) is 4.67. The molecule has 4 heteroatoms. The van der Waals surface area contributed by atoms with Gasteiger partial charge in [0.25, 0.3) is 0 Å². The Kier molecular flexibility index (Phi) is 3.81. The highest BCUT2D eigenvalue weighted by atomic mass is 32.2. The molecule has 0 saturated carbocycles. The Morgan fingerprint density at radius 3 is 2.85 bits per heavy atom. The van der Waals surface area contributed by atoms with E-state index in [-0.39, 0.29) is 5.97 Å². The van der Waals surface area contributed by atoms with Gasteiger partial charge in [0, 0.05) is 4.88 Å². The first-order valence-electron chi connectivity index (χ1n) is 3.98. The van der Waals surface area contributed by atoms with Gasteiger partial charge in [-0.2, -0.15) is 0 Å². The zero-order valence-electron chi connectivity index (χ0n) is 7.92. The number of hydrogen-bond acceptors (Lipinski definition) is 4. The molecule has 1 heterocycles. The fourth-order valence-corrected chi connectivity index (χ4v) is 2.83. The smallest absolute Gasteiger partial charge is 0.339 e. The molecule has 0 N–H and O–H groups in total. The van der Waals surface area contributed by atoms with E-state index in [0.717, 1.165) is 10.6 Å². The quantitative estimate of drug-likeness (QED) is 0.574. The van der Waals surface area contributed by atoms with E-state index in [1.165, 1.54) is 12.0 Å². The molecule has 0 fully saturated rings. The van der Waals surface area contributed by atoms with Gasteiger partial charge in [-0.3, -0.25) is 0 Å². The molecule has 1 rings (SSSR count). The van der Waals surface area contributed by atoms with Gasteiger partial charge in [-0.15, -0.1) is 23.1 Å². The molecule has 0 aliphatic carbocycles. The number of thiophene rings is 1. The van der Waals surface area contributed by atoms with E-state index in [2.05, 4.69) is 6.92 Å². The molecule has 0 radical (unpaired) electrons. The minimum atomic E-state index is -0.236. The van der Waals surface area contributed by atoms with E-state index in [0.29, 0.717) is 5.56 Å². The zero-order valence-corrected chi connectivity index (χ0v) is 9.55. The van der Waals surface area contributed by atoms with Crippen molar-refractivity contribution in [3.63, 3.8) is 0 Å². The molecule has 72 valence electrons. The van der Waals surface area contributed by atoms with Crippen LogP contribution in [0.15, 0.2) is 10.3 Å². The topological polar surface area (TPSA) is 26.3 Å². The van der Waals surface area contributed by atoms with Crippen LogP contribution in [0.1, 0.15) is 22.2 Å². The molecule has 0 bridgehead atoms. The van der Waals surface area contributed by atoms with Crippen molar-refractivity contribution in [3.8, 4) is 0 Å². The fraction of sp³-hybridized carbons (Fsp3) is 0.444. The lowest BCUT2D eigenvalue weighted by atomic mass is 10.3. The van der Waals surface area contributed by atoms with Gasteiger partial charge in [-0.05, 0) is 18.7 Å². The Balaban J connectivity index is 3.03. The Bertz CT molecular complexity index is 305. The summed E-state index contributed by atoms with van der Waals surface area (Å²) >= 11 is 3.26. The molecule has 0 atom stereocenters. The summed E-state index contributed by atoms with van der Waals surface area (Å²) in [5.74, 6) is -0.236. The van der Waals surface area contributed by atoms with E-state index < -0.39 is 0 Å². The third kappa shape index (κ3) is 2.25. The number of methoxy groups -OCH3 is 1. The van der Waals surface area contributed by atoms with Crippen LogP contribution < -0.4 is 0 Å². The summed E-state index contributed by atoms with van der Waals surface area (Å²) in [6.07, 6.45) is 2.94. The molecule has 0 aliphatic heterocycles. The van der Waals surface area contributed by atoms with Gasteiger partial charge in [0.1, 0.15) is 0 Å². The molecule has 2 nitrogen and oxygen atoms in total. The number of hydrogen-bond donors (Lipinski definition) is 0. The minimum Gasteiger partial charge on any atom is -0.465 e. The van der Waals surface area contributed by atoms with Gasteiger partial charge in [-0.25, -0.2) is 4.79 Å². The van der Waals surface area contributed by atoms with Crippen LogP contribution in [0.2, 0.25) is 0 Å². The minimum absolute atomic E-state index is 0.236. The third-order valence-electron chi connectivity index (χ3n) is 1.69. The lowest BCUT2D eigenvalue weighted by molar-refractivity contribution is 0.0598. The predicted octanol–water partition coefficient (Wildman–Crippen LogP) is 2.82. The second kappa shape index (κ2) is 4.67. The normalized spacial score (nSPS) is 10.1. The van der Waals surface area contributed by atoms with Gasteiger partial charge in [0.2, 0.25) is 0 Å². The number of ether oxygens (including phenoxy) is 1. The molecule has 0 aliphatic rings. The Labute approximate surface area is 86.3 Å². The Morgan fingerprint density at radius 2 is 2.38 bits per heavy atom. The fourth-order valence-electron chi connectivity index (χ4n) is 1.00. The van der Waals surface area contributed by atoms with Gasteiger partial charge in [-0.1, -0.05) is 6.92 Å². The summed E-state index contributed by atoms with van der Waals surface area (Å²) in [4.78, 5) is 12.5. The average Bonchev–Trinajstić information content (AvgIpc) is 2.59. The predicted molar refractivity (Wildman–Crippen MR) is 56.8 cm³/mol. The number of esters is 1. The summed E-state index contributed by atoms with van der Waals surface area (Å²) in [5.41, 5.74) is 0.705. The van der Waals surface area contributed by atoms with E-state index in [4.69, 9.17) is 4.74 Å². The number of aryl methyl sites for hydroxylation is 1. The molecule has 0 spiro atoms. The number of carbonyl (C=O) groups is 1. The first kappa shape index (κ1) is 10.6. The van der Waals surface area contributed by atoms with E-state index in [9.17, 15) is 4.79 Å². The Morgan fingerprint density at radius 1 is 1.69 bits per heavy atom. The van der Waals surface area contributed by atoms with Crippen LogP contribution in [0.4, 0.5) is 0 Å². The van der Waals surface area contributed by atoms with Gasteiger partial charge in [0.05, 0.1) is 16.9 Å². The molecule has 1 aromatic rings. The number of thioether (sulfide) groups is 1. The van der Waals surface area contributed by atoms with Crippen LogP contribution >= 0.6 is 23.1 Å². The molecular formula is C9H12O2S2. The molecule has 0 unspecified atom stereocenters. The van der Waals surface area contributed by atoms with Crippen LogP contribution in [-0.4, -0.2) is 19.3 Å². The maximum Gasteiger partial charge on any atom is 0.339 e.